The fraction of sp³-hybridized carbons (Fsp3) is 0.846. The van der Waals surface area contributed by atoms with Crippen molar-refractivity contribution in [3.63, 3.8) is 0 Å². The normalized spacial score (nSPS) is 10.7. The van der Waals surface area contributed by atoms with Gasteiger partial charge in [-0.25, -0.2) is 0 Å². The Morgan fingerprint density at radius 3 is 2.12 bits per heavy atom. The maximum atomic E-state index is 11.6. The molecule has 0 aliphatic rings. The van der Waals surface area contributed by atoms with E-state index in [1.54, 1.807) is 0 Å². The first-order valence-corrected chi connectivity index (χ1v) is 6.55. The fourth-order valence-electron chi connectivity index (χ4n) is 1.53. The van der Waals surface area contributed by atoms with Crippen molar-refractivity contribution in [2.75, 3.05) is 13.1 Å². The Morgan fingerprint density at radius 1 is 1.06 bits per heavy atom. The summed E-state index contributed by atoms with van der Waals surface area (Å²) in [6.07, 6.45) is 2.60. The second kappa shape index (κ2) is 9.02. The summed E-state index contributed by atoms with van der Waals surface area (Å²) in [7, 11) is 0. The molecule has 17 heavy (non-hydrogen) atoms. The average molecular weight is 242 g/mol. The Labute approximate surface area is 105 Å². The van der Waals surface area contributed by atoms with Gasteiger partial charge in [-0.2, -0.15) is 0 Å². The van der Waals surface area contributed by atoms with Crippen molar-refractivity contribution >= 4 is 11.8 Å². The van der Waals surface area contributed by atoms with Gasteiger partial charge in [0.05, 0.1) is 6.54 Å². The van der Waals surface area contributed by atoms with E-state index in [2.05, 4.69) is 24.5 Å². The maximum Gasteiger partial charge on any atom is 0.239 e. The second-order valence-electron chi connectivity index (χ2n) is 4.76. The Kier molecular flexibility index (Phi) is 8.46. The minimum atomic E-state index is -0.107. The highest BCUT2D eigenvalue weighted by atomic mass is 16.2. The van der Waals surface area contributed by atoms with Crippen LogP contribution in [-0.2, 0) is 9.59 Å². The van der Waals surface area contributed by atoms with Crippen molar-refractivity contribution in [1.29, 1.82) is 0 Å². The molecule has 0 heterocycles. The zero-order chi connectivity index (χ0) is 13.3. The summed E-state index contributed by atoms with van der Waals surface area (Å²) in [5, 5.41) is 5.46. The molecule has 0 aromatic rings. The number of rotatable bonds is 8. The molecule has 0 aromatic carbocycles. The van der Waals surface area contributed by atoms with Gasteiger partial charge in [0.25, 0.3) is 0 Å². The molecule has 0 saturated heterocycles. The summed E-state index contributed by atoms with van der Waals surface area (Å²) in [6, 6.07) is 0. The van der Waals surface area contributed by atoms with Crippen LogP contribution >= 0.6 is 0 Å². The van der Waals surface area contributed by atoms with E-state index in [0.717, 1.165) is 19.3 Å². The molecule has 0 rings (SSSR count). The van der Waals surface area contributed by atoms with Crippen molar-refractivity contribution < 1.29 is 9.59 Å². The first-order valence-electron chi connectivity index (χ1n) is 6.55. The summed E-state index contributed by atoms with van der Waals surface area (Å²) < 4.78 is 0. The Bertz CT molecular complexity index is 236. The van der Waals surface area contributed by atoms with Gasteiger partial charge in [0.2, 0.25) is 11.8 Å². The summed E-state index contributed by atoms with van der Waals surface area (Å²) in [5.74, 6) is 0.479. The number of carbonyl (C=O) groups excluding carboxylic acids is 2. The van der Waals surface area contributed by atoms with Crippen LogP contribution in [0.4, 0.5) is 0 Å². The standard InChI is InChI=1S/C13H26N2O2/c1-5-11(6-2)13(17)15-9-12(16)14-8-7-10(3)4/h10-11H,5-9H2,1-4H3,(H,14,16)(H,15,17). The van der Waals surface area contributed by atoms with Crippen LogP contribution in [0.3, 0.4) is 0 Å². The van der Waals surface area contributed by atoms with Crippen molar-refractivity contribution in [2.24, 2.45) is 11.8 Å². The smallest absolute Gasteiger partial charge is 0.239 e. The van der Waals surface area contributed by atoms with Gasteiger partial charge >= 0.3 is 0 Å². The third-order valence-corrected chi connectivity index (χ3v) is 2.82. The number of carbonyl (C=O) groups is 2. The molecule has 4 heteroatoms. The van der Waals surface area contributed by atoms with Gasteiger partial charge in [-0.3, -0.25) is 9.59 Å². The van der Waals surface area contributed by atoms with E-state index in [1.165, 1.54) is 0 Å². The molecule has 2 N–H and O–H groups in total. The fourth-order valence-corrected chi connectivity index (χ4v) is 1.53. The lowest BCUT2D eigenvalue weighted by Crippen LogP contribution is -2.39. The van der Waals surface area contributed by atoms with Crippen LogP contribution in [0.1, 0.15) is 47.0 Å². The first-order chi connectivity index (χ1) is 8.01. The van der Waals surface area contributed by atoms with Crippen LogP contribution in [0.5, 0.6) is 0 Å². The maximum absolute atomic E-state index is 11.6. The Hall–Kier alpha value is -1.06. The van der Waals surface area contributed by atoms with Gasteiger partial charge in [0.1, 0.15) is 0 Å². The zero-order valence-corrected chi connectivity index (χ0v) is 11.5. The van der Waals surface area contributed by atoms with E-state index in [-0.39, 0.29) is 24.3 Å². The highest BCUT2D eigenvalue weighted by molar-refractivity contribution is 5.85. The molecule has 0 unspecified atom stereocenters. The van der Waals surface area contributed by atoms with Crippen molar-refractivity contribution in [3.8, 4) is 0 Å². The van der Waals surface area contributed by atoms with E-state index in [4.69, 9.17) is 0 Å². The number of nitrogens with one attached hydrogen (secondary N) is 2. The molecule has 100 valence electrons. The third kappa shape index (κ3) is 7.77. The Balaban J connectivity index is 3.72. The van der Waals surface area contributed by atoms with Crippen LogP contribution in [0.25, 0.3) is 0 Å². The predicted octanol–water partition coefficient (Wildman–Crippen LogP) is 1.70. The SMILES string of the molecule is CCC(CC)C(=O)NCC(=O)NCCC(C)C. The summed E-state index contributed by atoms with van der Waals surface area (Å²) >= 11 is 0. The third-order valence-electron chi connectivity index (χ3n) is 2.82. The zero-order valence-electron chi connectivity index (χ0n) is 11.5. The van der Waals surface area contributed by atoms with E-state index < -0.39 is 0 Å². The Morgan fingerprint density at radius 2 is 1.65 bits per heavy atom. The lowest BCUT2D eigenvalue weighted by atomic mass is 10.0. The van der Waals surface area contributed by atoms with Gasteiger partial charge in [-0.1, -0.05) is 27.7 Å². The summed E-state index contributed by atoms with van der Waals surface area (Å²) in [4.78, 5) is 23.0. The highest BCUT2D eigenvalue weighted by Crippen LogP contribution is 2.06. The van der Waals surface area contributed by atoms with Crippen LogP contribution in [0.2, 0.25) is 0 Å². The number of amides is 2. The van der Waals surface area contributed by atoms with Gasteiger partial charge in [0.15, 0.2) is 0 Å². The molecule has 0 saturated carbocycles. The van der Waals surface area contributed by atoms with E-state index in [9.17, 15) is 9.59 Å². The minimum absolute atomic E-state index is 0.0194. The van der Waals surface area contributed by atoms with E-state index in [0.29, 0.717) is 12.5 Å². The molecule has 2 amide bonds. The number of hydrogen-bond donors (Lipinski definition) is 2. The van der Waals surface area contributed by atoms with Gasteiger partial charge in [-0.15, -0.1) is 0 Å². The van der Waals surface area contributed by atoms with Crippen LogP contribution in [-0.4, -0.2) is 24.9 Å². The van der Waals surface area contributed by atoms with Gasteiger partial charge in [-0.05, 0) is 25.2 Å². The van der Waals surface area contributed by atoms with Crippen LogP contribution < -0.4 is 10.6 Å². The summed E-state index contributed by atoms with van der Waals surface area (Å²) in [6.45, 7) is 8.96. The van der Waals surface area contributed by atoms with Gasteiger partial charge in [0, 0.05) is 12.5 Å². The molecule has 0 spiro atoms. The molecule has 0 bridgehead atoms. The number of hydrogen-bond acceptors (Lipinski definition) is 2. The second-order valence-corrected chi connectivity index (χ2v) is 4.76. The van der Waals surface area contributed by atoms with Crippen molar-refractivity contribution in [2.45, 2.75) is 47.0 Å². The molecule has 0 fully saturated rings. The molecule has 0 atom stereocenters. The first kappa shape index (κ1) is 15.9. The minimum Gasteiger partial charge on any atom is -0.355 e. The van der Waals surface area contributed by atoms with E-state index in [1.807, 2.05) is 13.8 Å². The molecule has 0 aliphatic heterocycles. The molecular formula is C13H26N2O2. The monoisotopic (exact) mass is 242 g/mol. The van der Waals surface area contributed by atoms with Gasteiger partial charge < -0.3 is 10.6 Å². The lowest BCUT2D eigenvalue weighted by Gasteiger charge is -2.13. The quantitative estimate of drug-likeness (QED) is 0.680. The van der Waals surface area contributed by atoms with E-state index >= 15 is 0 Å². The summed E-state index contributed by atoms with van der Waals surface area (Å²) in [5.41, 5.74) is 0. The van der Waals surface area contributed by atoms with Crippen molar-refractivity contribution in [1.82, 2.24) is 10.6 Å². The average Bonchev–Trinajstić information content (AvgIpc) is 2.27. The topological polar surface area (TPSA) is 58.2 Å². The lowest BCUT2D eigenvalue weighted by molar-refractivity contribution is -0.128. The molecular weight excluding hydrogens is 216 g/mol. The molecule has 0 aliphatic carbocycles. The molecule has 0 aromatic heterocycles. The highest BCUT2D eigenvalue weighted by Gasteiger charge is 2.14. The van der Waals surface area contributed by atoms with Crippen LogP contribution in [0.15, 0.2) is 0 Å². The van der Waals surface area contributed by atoms with Crippen LogP contribution in [0, 0.1) is 11.8 Å². The largest absolute Gasteiger partial charge is 0.355 e. The predicted molar refractivity (Wildman–Crippen MR) is 69.5 cm³/mol. The van der Waals surface area contributed by atoms with Crippen molar-refractivity contribution in [3.05, 3.63) is 0 Å². The molecule has 4 nitrogen and oxygen atoms in total. The molecule has 0 radical (unpaired) electrons.